The summed E-state index contributed by atoms with van der Waals surface area (Å²) in [5.41, 5.74) is 3.94. The van der Waals surface area contributed by atoms with Gasteiger partial charge in [0.2, 0.25) is 0 Å². The molecule has 2 aromatic carbocycles. The lowest BCUT2D eigenvalue weighted by molar-refractivity contribution is 0.0935. The van der Waals surface area contributed by atoms with Gasteiger partial charge in [-0.05, 0) is 62.0 Å². The standard InChI is InChI=1S/C24H32N4O2/c1-5-27(6-2)23(20-8-7-9-22(16-20)30-4)17-25-24(29)19-10-12-21(13-11-19)28-15-14-18(3)26-28/h7-13,16,23H,5-6,14-15,17H2,1-4H3,(H,25,29). The summed E-state index contributed by atoms with van der Waals surface area (Å²) in [6, 6.07) is 15.8. The van der Waals surface area contributed by atoms with E-state index < -0.39 is 0 Å². The highest BCUT2D eigenvalue weighted by atomic mass is 16.5. The molecule has 0 aliphatic carbocycles. The summed E-state index contributed by atoms with van der Waals surface area (Å²) in [6.45, 7) is 9.54. The minimum atomic E-state index is -0.0669. The predicted molar refractivity (Wildman–Crippen MR) is 123 cm³/mol. The van der Waals surface area contributed by atoms with Crippen LogP contribution >= 0.6 is 0 Å². The number of nitrogens with one attached hydrogen (secondary N) is 1. The average Bonchev–Trinajstić information content (AvgIpc) is 3.22. The molecule has 2 aromatic rings. The van der Waals surface area contributed by atoms with Crippen molar-refractivity contribution in [2.75, 3.05) is 38.3 Å². The van der Waals surface area contributed by atoms with E-state index in [9.17, 15) is 4.79 Å². The Hall–Kier alpha value is -2.86. The van der Waals surface area contributed by atoms with E-state index >= 15 is 0 Å². The molecule has 0 saturated carbocycles. The molecule has 6 heteroatoms. The minimum absolute atomic E-state index is 0.0669. The van der Waals surface area contributed by atoms with Gasteiger partial charge in [0.05, 0.1) is 18.8 Å². The van der Waals surface area contributed by atoms with Gasteiger partial charge in [-0.15, -0.1) is 0 Å². The van der Waals surface area contributed by atoms with Crippen molar-refractivity contribution in [2.45, 2.75) is 33.2 Å². The summed E-state index contributed by atoms with van der Waals surface area (Å²) in [6.07, 6.45) is 0.985. The fraction of sp³-hybridized carbons (Fsp3) is 0.417. The largest absolute Gasteiger partial charge is 0.497 e. The number of rotatable bonds is 9. The fourth-order valence-electron chi connectivity index (χ4n) is 3.81. The van der Waals surface area contributed by atoms with Gasteiger partial charge in [0.25, 0.3) is 5.91 Å². The van der Waals surface area contributed by atoms with Crippen LogP contribution in [0.4, 0.5) is 5.69 Å². The van der Waals surface area contributed by atoms with E-state index in [4.69, 9.17) is 4.74 Å². The first-order valence-corrected chi connectivity index (χ1v) is 10.6. The van der Waals surface area contributed by atoms with E-state index in [0.717, 1.165) is 48.8 Å². The smallest absolute Gasteiger partial charge is 0.251 e. The number of hydrogen-bond donors (Lipinski definition) is 1. The molecule has 3 rings (SSSR count). The van der Waals surface area contributed by atoms with E-state index in [-0.39, 0.29) is 11.9 Å². The van der Waals surface area contributed by atoms with Gasteiger partial charge in [-0.1, -0.05) is 26.0 Å². The molecule has 1 heterocycles. The number of carbonyl (C=O) groups excluding carboxylic acids is 1. The van der Waals surface area contributed by atoms with E-state index in [1.165, 1.54) is 0 Å². The third kappa shape index (κ3) is 5.19. The van der Waals surface area contributed by atoms with Crippen LogP contribution in [0, 0.1) is 0 Å². The number of nitrogens with zero attached hydrogens (tertiary/aromatic N) is 3. The summed E-state index contributed by atoms with van der Waals surface area (Å²) < 4.78 is 5.39. The molecular weight excluding hydrogens is 376 g/mol. The Labute approximate surface area is 179 Å². The summed E-state index contributed by atoms with van der Waals surface area (Å²) in [5, 5.41) is 9.61. The average molecular weight is 409 g/mol. The van der Waals surface area contributed by atoms with E-state index in [2.05, 4.69) is 35.2 Å². The monoisotopic (exact) mass is 408 g/mol. The SMILES string of the molecule is CCN(CC)C(CNC(=O)c1ccc(N2CCC(C)=N2)cc1)c1cccc(OC)c1. The van der Waals surface area contributed by atoms with Gasteiger partial charge >= 0.3 is 0 Å². The molecule has 1 amide bonds. The Kier molecular flexibility index (Phi) is 7.46. The first-order valence-electron chi connectivity index (χ1n) is 10.6. The number of carbonyl (C=O) groups is 1. The molecule has 0 fully saturated rings. The first-order chi connectivity index (χ1) is 14.5. The molecule has 0 spiro atoms. The Morgan fingerprint density at radius 2 is 1.93 bits per heavy atom. The molecule has 1 N–H and O–H groups in total. The number of amides is 1. The molecular formula is C24H32N4O2. The van der Waals surface area contributed by atoms with Gasteiger partial charge < -0.3 is 10.1 Å². The molecule has 1 aliphatic rings. The highest BCUT2D eigenvalue weighted by Crippen LogP contribution is 2.24. The lowest BCUT2D eigenvalue weighted by Crippen LogP contribution is -2.38. The number of benzene rings is 2. The lowest BCUT2D eigenvalue weighted by Gasteiger charge is -2.30. The van der Waals surface area contributed by atoms with Crippen LogP contribution in [0.3, 0.4) is 0 Å². The Bertz CT molecular complexity index is 875. The topological polar surface area (TPSA) is 57.2 Å². The maximum atomic E-state index is 12.8. The predicted octanol–water partition coefficient (Wildman–Crippen LogP) is 4.09. The van der Waals surface area contributed by atoms with Crippen molar-refractivity contribution in [3.63, 3.8) is 0 Å². The molecule has 1 aliphatic heterocycles. The molecule has 30 heavy (non-hydrogen) atoms. The van der Waals surface area contributed by atoms with Crippen molar-refractivity contribution in [1.29, 1.82) is 0 Å². The Morgan fingerprint density at radius 1 is 1.20 bits per heavy atom. The number of ether oxygens (including phenoxy) is 1. The quantitative estimate of drug-likeness (QED) is 0.679. The highest BCUT2D eigenvalue weighted by molar-refractivity contribution is 5.94. The van der Waals surface area contributed by atoms with Crippen molar-refractivity contribution < 1.29 is 9.53 Å². The first kappa shape index (κ1) is 21.8. The van der Waals surface area contributed by atoms with Crippen LogP contribution in [-0.4, -0.2) is 49.8 Å². The molecule has 160 valence electrons. The van der Waals surface area contributed by atoms with E-state index in [1.807, 2.05) is 54.4 Å². The van der Waals surface area contributed by atoms with Crippen LogP contribution < -0.4 is 15.1 Å². The van der Waals surface area contributed by atoms with Crippen LogP contribution in [0.25, 0.3) is 0 Å². The zero-order valence-corrected chi connectivity index (χ0v) is 18.4. The second kappa shape index (κ2) is 10.3. The summed E-state index contributed by atoms with van der Waals surface area (Å²) in [7, 11) is 1.67. The van der Waals surface area contributed by atoms with Crippen LogP contribution in [-0.2, 0) is 0 Å². The van der Waals surface area contributed by atoms with Crippen molar-refractivity contribution in [2.24, 2.45) is 5.10 Å². The zero-order chi connectivity index (χ0) is 21.5. The lowest BCUT2D eigenvalue weighted by atomic mass is 10.0. The maximum Gasteiger partial charge on any atom is 0.251 e. The van der Waals surface area contributed by atoms with Crippen molar-refractivity contribution in [1.82, 2.24) is 10.2 Å². The van der Waals surface area contributed by atoms with Gasteiger partial charge in [0.15, 0.2) is 0 Å². The second-order valence-corrected chi connectivity index (χ2v) is 7.48. The normalized spacial score (nSPS) is 14.6. The molecule has 0 aromatic heterocycles. The molecule has 1 unspecified atom stereocenters. The van der Waals surface area contributed by atoms with Crippen LogP contribution in [0.1, 0.15) is 49.2 Å². The molecule has 0 radical (unpaired) electrons. The highest BCUT2D eigenvalue weighted by Gasteiger charge is 2.20. The van der Waals surface area contributed by atoms with Gasteiger partial charge in [-0.3, -0.25) is 14.7 Å². The molecule has 1 atom stereocenters. The minimum Gasteiger partial charge on any atom is -0.497 e. The van der Waals surface area contributed by atoms with Crippen molar-refractivity contribution in [3.8, 4) is 5.75 Å². The number of hydrazone groups is 1. The van der Waals surface area contributed by atoms with E-state index in [1.54, 1.807) is 7.11 Å². The third-order valence-corrected chi connectivity index (χ3v) is 5.59. The number of likely N-dealkylation sites (N-methyl/N-ethyl adjacent to an activating group) is 1. The van der Waals surface area contributed by atoms with Crippen LogP contribution in [0.15, 0.2) is 53.6 Å². The number of hydrogen-bond acceptors (Lipinski definition) is 5. The molecule has 0 saturated heterocycles. The summed E-state index contributed by atoms with van der Waals surface area (Å²) >= 11 is 0. The maximum absolute atomic E-state index is 12.8. The molecule has 0 bridgehead atoms. The van der Waals surface area contributed by atoms with Gasteiger partial charge in [-0.25, -0.2) is 0 Å². The van der Waals surface area contributed by atoms with Gasteiger partial charge in [-0.2, -0.15) is 5.10 Å². The molecule has 6 nitrogen and oxygen atoms in total. The van der Waals surface area contributed by atoms with E-state index in [0.29, 0.717) is 12.1 Å². The Balaban J connectivity index is 1.69. The van der Waals surface area contributed by atoms with Crippen molar-refractivity contribution in [3.05, 3.63) is 59.7 Å². The summed E-state index contributed by atoms with van der Waals surface area (Å²) in [4.78, 5) is 15.1. The number of anilines is 1. The zero-order valence-electron chi connectivity index (χ0n) is 18.4. The van der Waals surface area contributed by atoms with Gasteiger partial charge in [0, 0.05) is 30.8 Å². The summed E-state index contributed by atoms with van der Waals surface area (Å²) in [5.74, 6) is 0.758. The van der Waals surface area contributed by atoms with Crippen LogP contribution in [0.5, 0.6) is 5.75 Å². The number of methoxy groups -OCH3 is 1. The van der Waals surface area contributed by atoms with Crippen molar-refractivity contribution >= 4 is 17.3 Å². The van der Waals surface area contributed by atoms with Gasteiger partial charge in [0.1, 0.15) is 5.75 Å². The third-order valence-electron chi connectivity index (χ3n) is 5.59. The second-order valence-electron chi connectivity index (χ2n) is 7.48. The van der Waals surface area contributed by atoms with Crippen LogP contribution in [0.2, 0.25) is 0 Å². The Morgan fingerprint density at radius 3 is 2.53 bits per heavy atom. The fourth-order valence-corrected chi connectivity index (χ4v) is 3.81.